The van der Waals surface area contributed by atoms with Crippen molar-refractivity contribution in [1.82, 2.24) is 15.2 Å². The largest absolute Gasteiger partial charge is 0.448 e. The van der Waals surface area contributed by atoms with Gasteiger partial charge in [-0.25, -0.2) is 9.59 Å². The summed E-state index contributed by atoms with van der Waals surface area (Å²) < 4.78 is 11.5. The van der Waals surface area contributed by atoms with Crippen molar-refractivity contribution in [2.75, 3.05) is 5.75 Å². The molecule has 0 spiro atoms. The van der Waals surface area contributed by atoms with Crippen molar-refractivity contribution >= 4 is 35.8 Å². The number of aromatic nitrogens is 1. The maximum Gasteiger partial charge on any atom is 0.408 e. The second kappa shape index (κ2) is 12.0. The molecule has 5 rings (SSSR count). The summed E-state index contributed by atoms with van der Waals surface area (Å²) in [6, 6.07) is 21.9. The Labute approximate surface area is 243 Å². The molecule has 0 saturated carbocycles. The molecule has 2 aliphatic rings. The minimum Gasteiger partial charge on any atom is -0.448 e. The number of carbonyl (C=O) groups excluding carboxylic acids is 3. The van der Waals surface area contributed by atoms with Crippen molar-refractivity contribution in [2.24, 2.45) is 0 Å². The number of pyridine rings is 1. The van der Waals surface area contributed by atoms with Gasteiger partial charge in [0.1, 0.15) is 22.7 Å². The molecule has 210 valence electrons. The summed E-state index contributed by atoms with van der Waals surface area (Å²) >= 11 is 1.46. The number of hydrogen-bond acceptors (Lipinski definition) is 7. The minimum absolute atomic E-state index is 0.165. The van der Waals surface area contributed by atoms with Gasteiger partial charge in [0.2, 0.25) is 0 Å². The summed E-state index contributed by atoms with van der Waals surface area (Å²) in [5, 5.41) is 2.20. The topological polar surface area (TPSA) is 97.8 Å². The van der Waals surface area contributed by atoms with Gasteiger partial charge in [0.05, 0.1) is 0 Å². The molecule has 1 fully saturated rings. The molecule has 9 heteroatoms. The molecule has 0 radical (unpaired) electrons. The Morgan fingerprint density at radius 2 is 1.66 bits per heavy atom. The molecular weight excluding hydrogens is 538 g/mol. The summed E-state index contributed by atoms with van der Waals surface area (Å²) in [6.07, 6.45) is 5.71. The van der Waals surface area contributed by atoms with Crippen LogP contribution < -0.4 is 5.32 Å². The Morgan fingerprint density at radius 1 is 1.00 bits per heavy atom. The van der Waals surface area contributed by atoms with Crippen LogP contribution in [-0.4, -0.2) is 50.6 Å². The minimum atomic E-state index is -0.819. The number of allylic oxidation sites excluding steroid dienone is 1. The lowest BCUT2D eigenvalue weighted by Gasteiger charge is -2.49. The van der Waals surface area contributed by atoms with E-state index in [0.717, 1.165) is 16.7 Å². The number of amides is 2. The van der Waals surface area contributed by atoms with Crippen molar-refractivity contribution in [1.29, 1.82) is 0 Å². The fourth-order valence-corrected chi connectivity index (χ4v) is 5.93. The monoisotopic (exact) mass is 569 g/mol. The highest BCUT2D eigenvalue weighted by Crippen LogP contribution is 2.42. The van der Waals surface area contributed by atoms with Crippen LogP contribution in [0.3, 0.4) is 0 Å². The SMILES string of the molecule is CC(C)(C)OC(=O)NC1C(=O)N2C(C(=O)OC(c3ccccc3)c3ccccc3)=C(C=Cc3cccnc3)CS[C@H]12. The van der Waals surface area contributed by atoms with Crippen LogP contribution in [-0.2, 0) is 19.1 Å². The van der Waals surface area contributed by atoms with Crippen molar-refractivity contribution in [3.8, 4) is 0 Å². The molecule has 3 aromatic rings. The second-order valence-corrected chi connectivity index (χ2v) is 11.7. The molecule has 3 heterocycles. The van der Waals surface area contributed by atoms with Crippen molar-refractivity contribution < 1.29 is 23.9 Å². The molecular formula is C32H31N3O5S. The van der Waals surface area contributed by atoms with Crippen LogP contribution in [0.15, 0.2) is 103 Å². The van der Waals surface area contributed by atoms with Crippen LogP contribution in [0.4, 0.5) is 4.79 Å². The second-order valence-electron chi connectivity index (χ2n) is 10.6. The molecule has 8 nitrogen and oxygen atoms in total. The van der Waals surface area contributed by atoms with Crippen LogP contribution in [0, 0.1) is 0 Å². The van der Waals surface area contributed by atoms with E-state index in [2.05, 4.69) is 10.3 Å². The van der Waals surface area contributed by atoms with Gasteiger partial charge in [-0.2, -0.15) is 0 Å². The number of esters is 1. The molecule has 41 heavy (non-hydrogen) atoms. The summed E-state index contributed by atoms with van der Waals surface area (Å²) in [5.74, 6) is -0.588. The third kappa shape index (κ3) is 6.52. The van der Waals surface area contributed by atoms with E-state index in [9.17, 15) is 14.4 Å². The Hall–Kier alpha value is -4.37. The Balaban J connectivity index is 1.47. The number of nitrogens with zero attached hydrogens (tertiary/aromatic N) is 2. The molecule has 2 aliphatic heterocycles. The number of carbonyl (C=O) groups is 3. The normalized spacial score (nSPS) is 18.6. The van der Waals surface area contributed by atoms with Gasteiger partial charge in [-0.15, -0.1) is 11.8 Å². The van der Waals surface area contributed by atoms with Crippen molar-refractivity contribution in [2.45, 2.75) is 43.9 Å². The van der Waals surface area contributed by atoms with Gasteiger partial charge in [0, 0.05) is 18.1 Å². The standard InChI is InChI=1S/C32H31N3O5S/c1-32(2,3)40-31(38)34-25-28(36)35-26(24(20-41-29(25)35)17-16-21-11-10-18-33-19-21)30(37)39-27(22-12-6-4-7-13-22)23-14-8-5-9-15-23/h4-19,25,27,29H,20H2,1-3H3,(H,34,38)/t25?,29-/m1/s1. The molecule has 2 aromatic carbocycles. The Morgan fingerprint density at radius 3 is 2.24 bits per heavy atom. The number of alkyl carbamates (subject to hydrolysis) is 1. The summed E-state index contributed by atoms with van der Waals surface area (Å²) in [7, 11) is 0. The molecule has 1 unspecified atom stereocenters. The van der Waals surface area contributed by atoms with E-state index in [1.165, 1.54) is 16.7 Å². The quantitative estimate of drug-likeness (QED) is 0.297. The molecule has 2 amide bonds. The lowest BCUT2D eigenvalue weighted by molar-refractivity contribution is -0.153. The van der Waals surface area contributed by atoms with Crippen LogP contribution in [0.1, 0.15) is 43.6 Å². The maximum absolute atomic E-state index is 14.0. The first kappa shape index (κ1) is 28.2. The highest BCUT2D eigenvalue weighted by Gasteiger charge is 2.54. The lowest BCUT2D eigenvalue weighted by atomic mass is 10.0. The van der Waals surface area contributed by atoms with Gasteiger partial charge in [-0.05, 0) is 49.1 Å². The van der Waals surface area contributed by atoms with E-state index in [0.29, 0.717) is 11.3 Å². The summed E-state index contributed by atoms with van der Waals surface area (Å²) in [4.78, 5) is 45.4. The number of thioether (sulfide) groups is 1. The van der Waals surface area contributed by atoms with Gasteiger partial charge in [0.25, 0.3) is 5.91 Å². The highest BCUT2D eigenvalue weighted by atomic mass is 32.2. The van der Waals surface area contributed by atoms with Crippen molar-refractivity contribution in [3.05, 3.63) is 119 Å². The number of ether oxygens (including phenoxy) is 2. The third-order valence-electron chi connectivity index (χ3n) is 6.45. The van der Waals surface area contributed by atoms with Crippen LogP contribution in [0.5, 0.6) is 0 Å². The molecule has 0 bridgehead atoms. The van der Waals surface area contributed by atoms with Crippen LogP contribution in [0.2, 0.25) is 0 Å². The molecule has 1 aromatic heterocycles. The molecule has 1 N–H and O–H groups in total. The summed E-state index contributed by atoms with van der Waals surface area (Å²) in [6.45, 7) is 5.26. The zero-order chi connectivity index (χ0) is 29.0. The van der Waals surface area contributed by atoms with Gasteiger partial charge in [-0.1, -0.05) is 78.9 Å². The average Bonchev–Trinajstić information content (AvgIpc) is 2.97. The zero-order valence-electron chi connectivity index (χ0n) is 23.0. The Bertz CT molecular complexity index is 1430. The number of hydrogen-bond donors (Lipinski definition) is 1. The Kier molecular flexibility index (Phi) is 8.26. The first-order chi connectivity index (χ1) is 19.7. The van der Waals surface area contributed by atoms with E-state index >= 15 is 0 Å². The predicted octanol–water partition coefficient (Wildman–Crippen LogP) is 5.49. The van der Waals surface area contributed by atoms with Gasteiger partial charge >= 0.3 is 12.1 Å². The van der Waals surface area contributed by atoms with Gasteiger partial charge in [-0.3, -0.25) is 14.7 Å². The number of fused-ring (bicyclic) bond motifs is 1. The van der Waals surface area contributed by atoms with E-state index in [-0.39, 0.29) is 5.70 Å². The molecule has 1 saturated heterocycles. The van der Waals surface area contributed by atoms with E-state index in [4.69, 9.17) is 9.47 Å². The fourth-order valence-electron chi connectivity index (χ4n) is 4.61. The number of benzene rings is 2. The molecule has 0 aliphatic carbocycles. The van der Waals surface area contributed by atoms with E-state index in [1.54, 1.807) is 33.2 Å². The van der Waals surface area contributed by atoms with Gasteiger partial charge < -0.3 is 14.8 Å². The first-order valence-corrected chi connectivity index (χ1v) is 14.3. The molecule has 2 atom stereocenters. The third-order valence-corrected chi connectivity index (χ3v) is 7.76. The fraction of sp³-hybridized carbons (Fsp3) is 0.250. The van der Waals surface area contributed by atoms with E-state index < -0.39 is 41.1 Å². The van der Waals surface area contributed by atoms with Gasteiger partial charge in [0.15, 0.2) is 6.10 Å². The maximum atomic E-state index is 14.0. The summed E-state index contributed by atoms with van der Waals surface area (Å²) in [5.41, 5.74) is 2.56. The predicted molar refractivity (Wildman–Crippen MR) is 157 cm³/mol. The smallest absolute Gasteiger partial charge is 0.408 e. The van der Waals surface area contributed by atoms with Crippen LogP contribution in [0.25, 0.3) is 6.08 Å². The average molecular weight is 570 g/mol. The number of β-lactam (4-membered cyclic amide) rings is 1. The number of nitrogens with one attached hydrogen (secondary N) is 1. The van der Waals surface area contributed by atoms with Crippen LogP contribution >= 0.6 is 11.8 Å². The first-order valence-electron chi connectivity index (χ1n) is 13.3. The zero-order valence-corrected chi connectivity index (χ0v) is 23.8. The van der Waals surface area contributed by atoms with E-state index in [1.807, 2.05) is 84.9 Å². The van der Waals surface area contributed by atoms with Crippen molar-refractivity contribution in [3.63, 3.8) is 0 Å². The highest BCUT2D eigenvalue weighted by molar-refractivity contribution is 8.00. The number of rotatable bonds is 7. The lowest BCUT2D eigenvalue weighted by Crippen LogP contribution is -2.70.